The Morgan fingerprint density at radius 3 is 0.833 bits per heavy atom. The molecule has 6 heteroatoms. The molecule has 0 fully saturated rings. The zero-order valence-electron chi connectivity index (χ0n) is 2.19. The first-order chi connectivity index (χ1) is 0. The molecule has 0 rings (SSSR count). The molecule has 0 saturated heterocycles. The van der Waals surface area contributed by atoms with Gasteiger partial charge in [-0.1, -0.05) is 0 Å². The van der Waals surface area contributed by atoms with Crippen molar-refractivity contribution >= 4 is 78.3 Å². The van der Waals surface area contributed by atoms with Crippen molar-refractivity contribution in [1.82, 2.24) is 0 Å². The van der Waals surface area contributed by atoms with E-state index < -0.39 is 0 Å². The van der Waals surface area contributed by atoms with E-state index in [0.717, 1.165) is 0 Å². The number of hydrogen-bond acceptors (Lipinski definition) is 0. The van der Waals surface area contributed by atoms with Crippen molar-refractivity contribution in [3.05, 3.63) is 0 Å². The molecular weight excluding hydrogens is 437 g/mol. The molecule has 0 aliphatic carbocycles. The van der Waals surface area contributed by atoms with Crippen LogP contribution in [0.2, 0.25) is 0 Å². The van der Waals surface area contributed by atoms with Gasteiger partial charge in [-0.25, -0.2) is 0 Å². The van der Waals surface area contributed by atoms with Gasteiger partial charge in [0.2, 0.25) is 0 Å². The standard InChI is InChI=1S/Ba.BrH.ClH.Eu.2H2O.2H/h;2*1H;;2*1H2;;. The van der Waals surface area contributed by atoms with Gasteiger partial charge in [0, 0.05) is 49.4 Å². The molecular formula is H8BaBrClEuO2. The van der Waals surface area contributed by atoms with Crippen molar-refractivity contribution in [3.63, 3.8) is 0 Å². The summed E-state index contributed by atoms with van der Waals surface area (Å²) in [6.45, 7) is 0. The summed E-state index contributed by atoms with van der Waals surface area (Å²) in [7, 11) is 0. The largest absolute Gasteiger partial charge is 0 e. The molecule has 0 saturated carbocycles. The van der Waals surface area contributed by atoms with Crippen LogP contribution in [0.25, 0.3) is 0 Å². The summed E-state index contributed by atoms with van der Waals surface area (Å²) >= 11 is 0. The molecule has 0 bridgehead atoms. The third kappa shape index (κ3) is 24.9. The maximum absolute atomic E-state index is 0. The van der Waals surface area contributed by atoms with E-state index in [2.05, 4.69) is 0 Å². The Labute approximate surface area is 135 Å². The second kappa shape index (κ2) is 36.8. The Kier molecular flexibility index (Phi) is 320. The fourth-order valence-corrected chi connectivity index (χ4v) is 0. The van der Waals surface area contributed by atoms with Crippen LogP contribution in [0, 0.1) is 49.4 Å². The Morgan fingerprint density at radius 1 is 0.833 bits per heavy atom. The van der Waals surface area contributed by atoms with E-state index in [1.165, 1.54) is 0 Å². The average Bonchev–Trinajstić information content (AvgIpc) is 0. The van der Waals surface area contributed by atoms with Crippen LogP contribution in [0.1, 0.15) is 0 Å². The molecule has 0 heterocycles. The summed E-state index contributed by atoms with van der Waals surface area (Å²) in [6, 6.07) is 0. The van der Waals surface area contributed by atoms with Crippen molar-refractivity contribution < 1.29 is 60.3 Å². The normalized spacial score (nSPS) is 0. The summed E-state index contributed by atoms with van der Waals surface area (Å²) in [5.41, 5.74) is 0. The van der Waals surface area contributed by atoms with Crippen LogP contribution >= 0.6 is 29.4 Å². The topological polar surface area (TPSA) is 63.0 Å². The molecule has 43 valence electrons. The molecule has 6 heavy (non-hydrogen) atoms. The molecule has 0 aromatic heterocycles. The average molecular weight is 445 g/mol. The van der Waals surface area contributed by atoms with E-state index in [9.17, 15) is 0 Å². The minimum atomic E-state index is 0. The smallest absolute Gasteiger partial charge is 0 e. The molecule has 0 aromatic carbocycles. The second-order valence-electron chi connectivity index (χ2n) is 0. The molecule has 0 amide bonds. The Bertz CT molecular complexity index is 13.5. The second-order valence-corrected chi connectivity index (χ2v) is 0. The predicted molar refractivity (Wildman–Crippen MR) is 33.3 cm³/mol. The third-order valence-electron chi connectivity index (χ3n) is 0. The van der Waals surface area contributed by atoms with E-state index in [0.29, 0.717) is 0 Å². The van der Waals surface area contributed by atoms with Gasteiger partial charge in [0.05, 0.1) is 0 Å². The maximum Gasteiger partial charge on any atom is 0 e. The van der Waals surface area contributed by atoms with Crippen molar-refractivity contribution in [2.75, 3.05) is 0 Å². The molecule has 0 spiro atoms. The fraction of sp³-hybridized carbons (Fsp3) is 0. The number of halogens is 2. The summed E-state index contributed by atoms with van der Waals surface area (Å²) < 4.78 is 0. The zero-order chi connectivity index (χ0) is 0. The van der Waals surface area contributed by atoms with Crippen LogP contribution in [0.5, 0.6) is 0 Å². The van der Waals surface area contributed by atoms with Crippen molar-refractivity contribution in [3.8, 4) is 0 Å². The zero-order valence-corrected chi connectivity index (χ0v) is 7.15. The van der Waals surface area contributed by atoms with Gasteiger partial charge in [-0.2, -0.15) is 0 Å². The first-order valence-corrected chi connectivity index (χ1v) is 0. The monoisotopic (exact) mass is 445 g/mol. The van der Waals surface area contributed by atoms with Crippen molar-refractivity contribution in [2.24, 2.45) is 0 Å². The van der Waals surface area contributed by atoms with Gasteiger partial charge in [-0.05, 0) is 0 Å². The van der Waals surface area contributed by atoms with E-state index in [1.807, 2.05) is 0 Å². The number of rotatable bonds is 0. The molecule has 1 radical (unpaired) electrons. The minimum Gasteiger partial charge on any atom is 0 e. The summed E-state index contributed by atoms with van der Waals surface area (Å²) in [4.78, 5) is 0. The number of hydrogen-bond donors (Lipinski definition) is 0. The molecule has 0 aliphatic heterocycles. The molecule has 0 aliphatic rings. The van der Waals surface area contributed by atoms with Gasteiger partial charge < -0.3 is 11.0 Å². The quantitative estimate of drug-likeness (QED) is 0.406. The van der Waals surface area contributed by atoms with Crippen LogP contribution in [0.3, 0.4) is 0 Å². The van der Waals surface area contributed by atoms with Gasteiger partial charge in [0.1, 0.15) is 0 Å². The fourth-order valence-electron chi connectivity index (χ4n) is 0. The summed E-state index contributed by atoms with van der Waals surface area (Å²) in [6.07, 6.45) is 0. The minimum absolute atomic E-state index is 0. The van der Waals surface area contributed by atoms with Crippen LogP contribution in [-0.2, 0) is 0 Å². The van der Waals surface area contributed by atoms with Gasteiger partial charge in [-0.3, -0.25) is 0 Å². The van der Waals surface area contributed by atoms with E-state index in [4.69, 9.17) is 0 Å². The maximum atomic E-state index is 0. The SMILES string of the molecule is Br.Cl.O.O.[BaH2].[Eu]. The first kappa shape index (κ1) is 52.1. The van der Waals surface area contributed by atoms with Crippen LogP contribution in [-0.4, -0.2) is 59.8 Å². The molecule has 0 aromatic rings. The molecule has 0 unspecified atom stereocenters. The van der Waals surface area contributed by atoms with E-state index >= 15 is 0 Å². The van der Waals surface area contributed by atoms with Gasteiger partial charge in [0.15, 0.2) is 0 Å². The Morgan fingerprint density at radius 2 is 0.833 bits per heavy atom. The third-order valence-corrected chi connectivity index (χ3v) is 0. The van der Waals surface area contributed by atoms with Gasteiger partial charge >= 0.3 is 48.9 Å². The first-order valence-electron chi connectivity index (χ1n) is 0. The Hall–Kier alpha value is 3.85. The Balaban J connectivity index is 0. The van der Waals surface area contributed by atoms with E-state index in [-0.39, 0.29) is 139 Å². The van der Waals surface area contributed by atoms with Crippen molar-refractivity contribution in [2.45, 2.75) is 0 Å². The molecule has 2 nitrogen and oxygen atoms in total. The summed E-state index contributed by atoms with van der Waals surface area (Å²) in [5.74, 6) is 0. The van der Waals surface area contributed by atoms with Crippen LogP contribution in [0.4, 0.5) is 0 Å². The van der Waals surface area contributed by atoms with Crippen LogP contribution in [0.15, 0.2) is 0 Å². The summed E-state index contributed by atoms with van der Waals surface area (Å²) in [5, 5.41) is 0. The van der Waals surface area contributed by atoms with Crippen molar-refractivity contribution in [1.29, 1.82) is 0 Å². The van der Waals surface area contributed by atoms with Gasteiger partial charge in [0.25, 0.3) is 0 Å². The van der Waals surface area contributed by atoms with E-state index in [1.54, 1.807) is 0 Å². The van der Waals surface area contributed by atoms with Gasteiger partial charge in [-0.15, -0.1) is 29.4 Å². The molecule has 0 atom stereocenters. The van der Waals surface area contributed by atoms with Crippen LogP contribution < -0.4 is 0 Å². The predicted octanol–water partition coefficient (Wildman–Crippen LogP) is -1.57. The molecule has 4 N–H and O–H groups in total.